The Bertz CT molecular complexity index is 2000. The van der Waals surface area contributed by atoms with Crippen molar-refractivity contribution in [2.75, 3.05) is 36.0 Å². The Labute approximate surface area is 245 Å². The quantitative estimate of drug-likeness (QED) is 0.214. The molecule has 0 amide bonds. The van der Waals surface area contributed by atoms with Gasteiger partial charge in [-0.2, -0.15) is 0 Å². The van der Waals surface area contributed by atoms with Gasteiger partial charge in [0.1, 0.15) is 11.2 Å². The van der Waals surface area contributed by atoms with Gasteiger partial charge in [0.25, 0.3) is 0 Å². The van der Waals surface area contributed by atoms with Gasteiger partial charge in [0.15, 0.2) is 11.2 Å². The molecule has 0 unspecified atom stereocenters. The van der Waals surface area contributed by atoms with Crippen LogP contribution in [0.4, 0.5) is 11.4 Å². The minimum atomic E-state index is 0.825. The van der Waals surface area contributed by atoms with Crippen LogP contribution in [0.15, 0.2) is 81.6 Å². The van der Waals surface area contributed by atoms with E-state index in [4.69, 9.17) is 8.83 Å². The number of hydrogen-bond acceptors (Lipinski definition) is 4. The SMILES string of the molecule is CC1CCN(c2ccc3cc4c(cc3c2)oc2c4ccc3c4cc5ccc(N6CCC(C)CC6)cc5cc4oc32)CC1. The highest BCUT2D eigenvalue weighted by Crippen LogP contribution is 2.41. The first kappa shape index (κ1) is 24.4. The molecule has 4 heterocycles. The summed E-state index contributed by atoms with van der Waals surface area (Å²) in [5.74, 6) is 1.65. The number of fused-ring (bicyclic) bond motifs is 9. The van der Waals surface area contributed by atoms with Crippen molar-refractivity contribution in [1.29, 1.82) is 0 Å². The lowest BCUT2D eigenvalue weighted by atomic mass is 9.98. The molecule has 4 nitrogen and oxygen atoms in total. The normalized spacial score (nSPS) is 17.7. The monoisotopic (exact) mass is 552 g/mol. The van der Waals surface area contributed by atoms with E-state index in [1.165, 1.54) is 58.6 Å². The fourth-order valence-corrected chi connectivity index (χ4v) is 7.45. The van der Waals surface area contributed by atoms with Crippen LogP contribution >= 0.6 is 0 Å². The van der Waals surface area contributed by atoms with Crippen LogP contribution in [-0.2, 0) is 0 Å². The van der Waals surface area contributed by atoms with E-state index in [2.05, 4.69) is 96.4 Å². The van der Waals surface area contributed by atoms with Crippen molar-refractivity contribution in [1.82, 2.24) is 0 Å². The molecule has 0 atom stereocenters. The zero-order chi connectivity index (χ0) is 27.9. The van der Waals surface area contributed by atoms with E-state index in [9.17, 15) is 0 Å². The van der Waals surface area contributed by atoms with E-state index < -0.39 is 0 Å². The van der Waals surface area contributed by atoms with Gasteiger partial charge in [0.05, 0.1) is 0 Å². The molecule has 2 aliphatic rings. The van der Waals surface area contributed by atoms with Crippen LogP contribution in [0.2, 0.25) is 0 Å². The summed E-state index contributed by atoms with van der Waals surface area (Å²) in [5.41, 5.74) is 6.14. The number of piperidine rings is 2. The van der Waals surface area contributed by atoms with Crippen LogP contribution in [0.5, 0.6) is 0 Å². The zero-order valence-electron chi connectivity index (χ0n) is 24.5. The Kier molecular flexibility index (Phi) is 5.33. The summed E-state index contributed by atoms with van der Waals surface area (Å²) in [5, 5.41) is 9.45. The predicted molar refractivity (Wildman–Crippen MR) is 177 cm³/mol. The lowest BCUT2D eigenvalue weighted by molar-refractivity contribution is 0.438. The van der Waals surface area contributed by atoms with E-state index in [1.807, 2.05) is 0 Å². The summed E-state index contributed by atoms with van der Waals surface area (Å²) in [6.07, 6.45) is 5.07. The molecule has 2 saturated heterocycles. The smallest absolute Gasteiger partial charge is 0.178 e. The second kappa shape index (κ2) is 9.16. The lowest BCUT2D eigenvalue weighted by Crippen LogP contribution is -2.32. The van der Waals surface area contributed by atoms with E-state index in [1.54, 1.807) is 0 Å². The van der Waals surface area contributed by atoms with Crippen LogP contribution in [0, 0.1) is 11.8 Å². The Hall–Kier alpha value is -4.18. The highest BCUT2D eigenvalue weighted by Gasteiger charge is 2.20. The number of rotatable bonds is 2. The maximum absolute atomic E-state index is 6.59. The number of nitrogens with zero attached hydrogens (tertiary/aromatic N) is 2. The van der Waals surface area contributed by atoms with Gasteiger partial charge in [-0.3, -0.25) is 0 Å². The van der Waals surface area contributed by atoms with Gasteiger partial charge in [-0.25, -0.2) is 0 Å². The summed E-state index contributed by atoms with van der Waals surface area (Å²) in [6, 6.07) is 27.2. The molecular formula is C38H36N2O2. The van der Waals surface area contributed by atoms with E-state index in [0.29, 0.717) is 0 Å². The summed E-state index contributed by atoms with van der Waals surface area (Å²) >= 11 is 0. The zero-order valence-corrected chi connectivity index (χ0v) is 24.5. The first-order valence-electron chi connectivity index (χ1n) is 15.8. The highest BCUT2D eigenvalue weighted by atomic mass is 16.4. The Morgan fingerprint density at radius 2 is 0.905 bits per heavy atom. The topological polar surface area (TPSA) is 32.8 Å². The third-order valence-electron chi connectivity index (χ3n) is 10.3. The largest absolute Gasteiger partial charge is 0.452 e. The van der Waals surface area contributed by atoms with Crippen LogP contribution in [0.3, 0.4) is 0 Å². The Morgan fingerprint density at radius 1 is 0.476 bits per heavy atom. The second-order valence-electron chi connectivity index (χ2n) is 13.1. The van der Waals surface area contributed by atoms with Crippen molar-refractivity contribution in [3.8, 4) is 0 Å². The first-order valence-corrected chi connectivity index (χ1v) is 15.8. The number of furan rings is 2. The molecule has 42 heavy (non-hydrogen) atoms. The second-order valence-corrected chi connectivity index (χ2v) is 13.1. The molecule has 2 aliphatic heterocycles. The molecule has 2 fully saturated rings. The van der Waals surface area contributed by atoms with Crippen LogP contribution in [0.1, 0.15) is 39.5 Å². The van der Waals surface area contributed by atoms with Crippen LogP contribution in [-0.4, -0.2) is 26.2 Å². The molecule has 9 rings (SSSR count). The highest BCUT2D eigenvalue weighted by molar-refractivity contribution is 6.21. The molecule has 0 saturated carbocycles. The van der Waals surface area contributed by atoms with E-state index in [0.717, 1.165) is 81.9 Å². The molecule has 0 aliphatic carbocycles. The van der Waals surface area contributed by atoms with Crippen molar-refractivity contribution < 1.29 is 8.83 Å². The van der Waals surface area contributed by atoms with Gasteiger partial charge in [0, 0.05) is 59.1 Å². The maximum Gasteiger partial charge on any atom is 0.178 e. The van der Waals surface area contributed by atoms with Gasteiger partial charge in [-0.15, -0.1) is 0 Å². The standard InChI is InChI=1S/C38H36N2O2/c1-23-9-13-39(14-10-23)29-5-3-25-19-33-31-7-8-32-34-20-26-4-6-30(40-15-11-24(2)12-16-40)18-28(26)22-36(34)42-38(32)37(31)41-35(33)21-27(25)17-29/h3-8,17-24H,9-16H2,1-2H3. The van der Waals surface area contributed by atoms with Crippen molar-refractivity contribution in [3.05, 3.63) is 72.8 Å². The minimum absolute atomic E-state index is 0.825. The number of benzene rings is 5. The van der Waals surface area contributed by atoms with Crippen molar-refractivity contribution in [2.24, 2.45) is 11.8 Å². The van der Waals surface area contributed by atoms with Crippen LogP contribution < -0.4 is 9.80 Å². The van der Waals surface area contributed by atoms with Gasteiger partial charge in [-0.05, 0) is 120 Å². The molecule has 0 spiro atoms. The van der Waals surface area contributed by atoms with Gasteiger partial charge < -0.3 is 18.6 Å². The summed E-state index contributed by atoms with van der Waals surface area (Å²) in [6.45, 7) is 9.28. The van der Waals surface area contributed by atoms with Crippen molar-refractivity contribution >= 4 is 76.8 Å². The fourth-order valence-electron chi connectivity index (χ4n) is 7.45. The summed E-state index contributed by atoms with van der Waals surface area (Å²) < 4.78 is 13.2. The maximum atomic E-state index is 6.59. The molecule has 0 bridgehead atoms. The predicted octanol–water partition coefficient (Wildman–Crippen LogP) is 10.3. The van der Waals surface area contributed by atoms with E-state index in [-0.39, 0.29) is 0 Å². The summed E-state index contributed by atoms with van der Waals surface area (Å²) in [4.78, 5) is 5.06. The number of hydrogen-bond donors (Lipinski definition) is 0. The van der Waals surface area contributed by atoms with Gasteiger partial charge in [-0.1, -0.05) is 26.0 Å². The molecule has 0 N–H and O–H groups in total. The van der Waals surface area contributed by atoms with Crippen LogP contribution in [0.25, 0.3) is 65.4 Å². The Morgan fingerprint density at radius 3 is 1.33 bits per heavy atom. The minimum Gasteiger partial charge on any atom is -0.452 e. The van der Waals surface area contributed by atoms with Crippen molar-refractivity contribution in [2.45, 2.75) is 39.5 Å². The molecule has 7 aromatic rings. The average Bonchev–Trinajstić information content (AvgIpc) is 3.56. The molecular weight excluding hydrogens is 516 g/mol. The van der Waals surface area contributed by atoms with E-state index >= 15 is 0 Å². The van der Waals surface area contributed by atoms with Crippen molar-refractivity contribution in [3.63, 3.8) is 0 Å². The summed E-state index contributed by atoms with van der Waals surface area (Å²) in [7, 11) is 0. The lowest BCUT2D eigenvalue weighted by Gasteiger charge is -2.32. The fraction of sp³-hybridized carbons (Fsp3) is 0.316. The Balaban J connectivity index is 1.15. The molecule has 2 aromatic heterocycles. The van der Waals surface area contributed by atoms with Gasteiger partial charge in [0.2, 0.25) is 0 Å². The molecule has 4 heteroatoms. The molecule has 210 valence electrons. The average molecular weight is 553 g/mol. The third-order valence-corrected chi connectivity index (χ3v) is 10.3. The molecule has 5 aromatic carbocycles. The first-order chi connectivity index (χ1) is 20.6. The number of anilines is 2. The van der Waals surface area contributed by atoms with Gasteiger partial charge >= 0.3 is 0 Å². The third kappa shape index (κ3) is 3.81. The molecule has 0 radical (unpaired) electrons.